The molecule has 0 aliphatic carbocycles. The molecular weight excluding hydrogens is 270 g/mol. The molecule has 0 fully saturated rings. The quantitative estimate of drug-likeness (QED) is 0.652. The second kappa shape index (κ2) is 7.06. The van der Waals surface area contributed by atoms with E-state index in [4.69, 9.17) is 5.73 Å². The van der Waals surface area contributed by atoms with Crippen LogP contribution in [0.2, 0.25) is 0 Å². The molecule has 1 rings (SSSR count). The number of nitrogens with one attached hydrogen (secondary N) is 1. The molecule has 3 N–H and O–H groups in total. The number of nitro benzene ring substituents is 1. The number of carbonyl (C=O) groups excluding carboxylic acids is 1. The van der Waals surface area contributed by atoms with Gasteiger partial charge in [0.1, 0.15) is 0 Å². The number of hydrogen-bond donors (Lipinski definition) is 2. The molecule has 106 valence electrons. The van der Waals surface area contributed by atoms with Crippen LogP contribution in [0.5, 0.6) is 0 Å². The van der Waals surface area contributed by atoms with Crippen molar-refractivity contribution < 1.29 is 9.72 Å². The number of carbonyl (C=O) groups is 1. The maximum atomic E-state index is 11.4. The second-order valence-corrected chi connectivity index (χ2v) is 4.32. The second-order valence-electron chi connectivity index (χ2n) is 4.32. The SMILES string of the molecule is Cc1ccc(C(C)NC(=O)[C@H](C)N)cc1[N+](=O)[O-].Cl. The van der Waals surface area contributed by atoms with Crippen molar-refractivity contribution in [3.05, 3.63) is 39.4 Å². The van der Waals surface area contributed by atoms with Crippen LogP contribution < -0.4 is 11.1 Å². The maximum Gasteiger partial charge on any atom is 0.272 e. The number of rotatable bonds is 4. The van der Waals surface area contributed by atoms with Crippen LogP contribution in [-0.4, -0.2) is 16.9 Å². The van der Waals surface area contributed by atoms with Gasteiger partial charge in [-0.25, -0.2) is 0 Å². The van der Waals surface area contributed by atoms with Crippen LogP contribution in [0.3, 0.4) is 0 Å². The zero-order valence-corrected chi connectivity index (χ0v) is 11.9. The van der Waals surface area contributed by atoms with Gasteiger partial charge in [0.2, 0.25) is 5.91 Å². The summed E-state index contributed by atoms with van der Waals surface area (Å²) in [6.45, 7) is 5.02. The number of hydrogen-bond acceptors (Lipinski definition) is 4. The van der Waals surface area contributed by atoms with E-state index in [2.05, 4.69) is 5.32 Å². The molecule has 1 unspecified atom stereocenters. The highest BCUT2D eigenvalue weighted by Crippen LogP contribution is 2.23. The Morgan fingerprint density at radius 1 is 1.42 bits per heavy atom. The Hall–Kier alpha value is -1.66. The first kappa shape index (κ1) is 17.3. The fraction of sp³-hybridized carbons (Fsp3) is 0.417. The third-order valence-corrected chi connectivity index (χ3v) is 2.70. The summed E-state index contributed by atoms with van der Waals surface area (Å²) in [6.07, 6.45) is 0. The van der Waals surface area contributed by atoms with Gasteiger partial charge in [0.15, 0.2) is 0 Å². The molecule has 1 aromatic carbocycles. The van der Waals surface area contributed by atoms with E-state index in [0.717, 1.165) is 0 Å². The molecule has 2 atom stereocenters. The van der Waals surface area contributed by atoms with E-state index in [1.54, 1.807) is 32.9 Å². The summed E-state index contributed by atoms with van der Waals surface area (Å²) >= 11 is 0. The first-order valence-corrected chi connectivity index (χ1v) is 5.63. The van der Waals surface area contributed by atoms with Gasteiger partial charge in [0.05, 0.1) is 17.0 Å². The van der Waals surface area contributed by atoms with E-state index in [0.29, 0.717) is 11.1 Å². The van der Waals surface area contributed by atoms with Crippen molar-refractivity contribution in [1.82, 2.24) is 5.32 Å². The number of nitrogens with zero attached hydrogens (tertiary/aromatic N) is 1. The molecule has 0 aliphatic heterocycles. The van der Waals surface area contributed by atoms with E-state index in [-0.39, 0.29) is 30.0 Å². The number of nitro groups is 1. The average molecular weight is 288 g/mol. The summed E-state index contributed by atoms with van der Waals surface area (Å²) in [7, 11) is 0. The monoisotopic (exact) mass is 287 g/mol. The van der Waals surface area contributed by atoms with Gasteiger partial charge in [-0.05, 0) is 26.3 Å². The van der Waals surface area contributed by atoms with Crippen molar-refractivity contribution in [2.24, 2.45) is 5.73 Å². The van der Waals surface area contributed by atoms with Crippen molar-refractivity contribution in [2.45, 2.75) is 32.9 Å². The lowest BCUT2D eigenvalue weighted by atomic mass is 10.0. The highest BCUT2D eigenvalue weighted by Gasteiger charge is 2.16. The predicted octanol–water partition coefficient (Wildman–Crippen LogP) is 1.85. The molecule has 0 spiro atoms. The zero-order chi connectivity index (χ0) is 13.9. The van der Waals surface area contributed by atoms with Crippen molar-refractivity contribution in [3.63, 3.8) is 0 Å². The summed E-state index contributed by atoms with van der Waals surface area (Å²) in [5.74, 6) is -0.286. The van der Waals surface area contributed by atoms with Crippen LogP contribution in [0.25, 0.3) is 0 Å². The summed E-state index contributed by atoms with van der Waals surface area (Å²) in [4.78, 5) is 21.8. The molecule has 0 heterocycles. The number of benzene rings is 1. The van der Waals surface area contributed by atoms with E-state index in [1.807, 2.05) is 0 Å². The molecule has 0 radical (unpaired) electrons. The third kappa shape index (κ3) is 4.50. The summed E-state index contributed by atoms with van der Waals surface area (Å²) in [5, 5.41) is 13.5. The molecular formula is C12H18ClN3O3. The van der Waals surface area contributed by atoms with Crippen molar-refractivity contribution in [2.75, 3.05) is 0 Å². The Kier molecular flexibility index (Phi) is 6.44. The average Bonchev–Trinajstić information content (AvgIpc) is 2.28. The first-order valence-electron chi connectivity index (χ1n) is 5.63. The Labute approximate surface area is 117 Å². The number of amides is 1. The molecule has 7 heteroatoms. The van der Waals surface area contributed by atoms with Crippen molar-refractivity contribution in [3.8, 4) is 0 Å². The van der Waals surface area contributed by atoms with E-state index in [9.17, 15) is 14.9 Å². The fourth-order valence-corrected chi connectivity index (χ4v) is 1.52. The van der Waals surface area contributed by atoms with Crippen LogP contribution in [0, 0.1) is 17.0 Å². The Morgan fingerprint density at radius 3 is 2.47 bits per heavy atom. The maximum absolute atomic E-state index is 11.4. The van der Waals surface area contributed by atoms with Crippen LogP contribution in [0.15, 0.2) is 18.2 Å². The van der Waals surface area contributed by atoms with Crippen LogP contribution >= 0.6 is 12.4 Å². The minimum Gasteiger partial charge on any atom is -0.348 e. The van der Waals surface area contributed by atoms with Gasteiger partial charge in [-0.2, -0.15) is 0 Å². The lowest BCUT2D eigenvalue weighted by molar-refractivity contribution is -0.385. The van der Waals surface area contributed by atoms with Crippen LogP contribution in [0.1, 0.15) is 31.0 Å². The highest BCUT2D eigenvalue weighted by molar-refractivity contribution is 5.85. The molecule has 0 aromatic heterocycles. The fourth-order valence-electron chi connectivity index (χ4n) is 1.52. The van der Waals surface area contributed by atoms with E-state index >= 15 is 0 Å². The minimum atomic E-state index is -0.604. The predicted molar refractivity (Wildman–Crippen MR) is 75.3 cm³/mol. The van der Waals surface area contributed by atoms with Crippen molar-refractivity contribution >= 4 is 24.0 Å². The minimum absolute atomic E-state index is 0. The van der Waals surface area contributed by atoms with Gasteiger partial charge in [-0.15, -0.1) is 12.4 Å². The van der Waals surface area contributed by atoms with Gasteiger partial charge < -0.3 is 11.1 Å². The van der Waals surface area contributed by atoms with Gasteiger partial charge in [-0.1, -0.05) is 12.1 Å². The number of aryl methyl sites for hydroxylation is 1. The normalized spacial score (nSPS) is 13.1. The summed E-state index contributed by atoms with van der Waals surface area (Å²) in [6, 6.07) is 3.98. The molecule has 0 bridgehead atoms. The standard InChI is InChI=1S/C12H17N3O3.ClH/c1-7-4-5-10(6-11(7)15(17)18)9(3)14-12(16)8(2)13;/h4-6,8-9H,13H2,1-3H3,(H,14,16);1H/t8-,9?;/m0./s1. The molecule has 1 aromatic rings. The smallest absolute Gasteiger partial charge is 0.272 e. The summed E-state index contributed by atoms with van der Waals surface area (Å²) in [5.41, 5.74) is 6.77. The molecule has 0 saturated heterocycles. The number of halogens is 1. The zero-order valence-electron chi connectivity index (χ0n) is 11.0. The van der Waals surface area contributed by atoms with Crippen LogP contribution in [-0.2, 0) is 4.79 Å². The van der Waals surface area contributed by atoms with Gasteiger partial charge in [-0.3, -0.25) is 14.9 Å². The topological polar surface area (TPSA) is 98.3 Å². The van der Waals surface area contributed by atoms with Crippen LogP contribution in [0.4, 0.5) is 5.69 Å². The highest BCUT2D eigenvalue weighted by atomic mass is 35.5. The molecule has 6 nitrogen and oxygen atoms in total. The molecule has 1 amide bonds. The molecule has 0 saturated carbocycles. The Bertz CT molecular complexity index is 477. The molecule has 19 heavy (non-hydrogen) atoms. The van der Waals surface area contributed by atoms with E-state index < -0.39 is 11.0 Å². The first-order chi connectivity index (χ1) is 8.32. The van der Waals surface area contributed by atoms with Crippen molar-refractivity contribution in [1.29, 1.82) is 0 Å². The Balaban J connectivity index is 0.00000324. The Morgan fingerprint density at radius 2 is 2.00 bits per heavy atom. The van der Waals surface area contributed by atoms with Gasteiger partial charge in [0, 0.05) is 11.6 Å². The third-order valence-electron chi connectivity index (χ3n) is 2.70. The van der Waals surface area contributed by atoms with Gasteiger partial charge in [0.25, 0.3) is 5.69 Å². The lowest BCUT2D eigenvalue weighted by Crippen LogP contribution is -2.39. The largest absolute Gasteiger partial charge is 0.348 e. The molecule has 0 aliphatic rings. The lowest BCUT2D eigenvalue weighted by Gasteiger charge is -2.16. The van der Waals surface area contributed by atoms with Gasteiger partial charge >= 0.3 is 0 Å². The van der Waals surface area contributed by atoms with E-state index in [1.165, 1.54) is 6.07 Å². The number of nitrogens with two attached hydrogens (primary N) is 1. The summed E-state index contributed by atoms with van der Waals surface area (Å²) < 4.78 is 0.